The van der Waals surface area contributed by atoms with Crippen LogP contribution in [0.5, 0.6) is 5.75 Å². The van der Waals surface area contributed by atoms with E-state index in [-0.39, 0.29) is 6.04 Å². The second-order valence-electron chi connectivity index (χ2n) is 4.91. The van der Waals surface area contributed by atoms with Gasteiger partial charge in [0, 0.05) is 17.4 Å². The Morgan fingerprint density at radius 1 is 1.35 bits per heavy atom. The molecule has 0 amide bonds. The molecule has 0 saturated carbocycles. The highest BCUT2D eigenvalue weighted by Gasteiger charge is 2.18. The van der Waals surface area contributed by atoms with Gasteiger partial charge in [-0.05, 0) is 31.9 Å². The lowest BCUT2D eigenvalue weighted by Crippen LogP contribution is -2.30. The molecular formula is C15H21N3OS. The van der Waals surface area contributed by atoms with Crippen LogP contribution in [0.4, 0.5) is 0 Å². The summed E-state index contributed by atoms with van der Waals surface area (Å²) in [5.41, 5.74) is 7.37. The van der Waals surface area contributed by atoms with Crippen LogP contribution in [0.25, 0.3) is 0 Å². The highest BCUT2D eigenvalue weighted by Crippen LogP contribution is 2.32. The average molecular weight is 291 g/mol. The Bertz CT molecular complexity index is 595. The zero-order chi connectivity index (χ0) is 14.7. The number of nitrogens with zero attached hydrogens (tertiary/aromatic N) is 1. The summed E-state index contributed by atoms with van der Waals surface area (Å²) in [5.74, 6) is 6.64. The normalized spacial score (nSPS) is 12.4. The summed E-state index contributed by atoms with van der Waals surface area (Å²) in [6.45, 7) is 6.16. The average Bonchev–Trinajstić information content (AvgIpc) is 2.84. The fourth-order valence-electron chi connectivity index (χ4n) is 2.33. The van der Waals surface area contributed by atoms with Gasteiger partial charge >= 0.3 is 0 Å². The minimum absolute atomic E-state index is 0.00856. The highest BCUT2D eigenvalue weighted by molar-refractivity contribution is 7.09. The SMILES string of the molecule is COc1c(C(Cc2csc(C)n2)NN)ccc(C)c1C. The van der Waals surface area contributed by atoms with E-state index in [1.54, 1.807) is 18.4 Å². The van der Waals surface area contributed by atoms with Crippen LogP contribution in [-0.4, -0.2) is 12.1 Å². The quantitative estimate of drug-likeness (QED) is 0.657. The van der Waals surface area contributed by atoms with Gasteiger partial charge in [-0.1, -0.05) is 12.1 Å². The number of nitrogens with one attached hydrogen (secondary N) is 1. The van der Waals surface area contributed by atoms with E-state index < -0.39 is 0 Å². The molecule has 2 rings (SSSR count). The first kappa shape index (κ1) is 15.0. The first-order valence-electron chi connectivity index (χ1n) is 6.58. The molecule has 1 aromatic carbocycles. The molecule has 1 heterocycles. The fraction of sp³-hybridized carbons (Fsp3) is 0.400. The lowest BCUT2D eigenvalue weighted by molar-refractivity contribution is 0.395. The van der Waals surface area contributed by atoms with Gasteiger partial charge in [-0.2, -0.15) is 0 Å². The van der Waals surface area contributed by atoms with Gasteiger partial charge in [0.1, 0.15) is 5.75 Å². The topological polar surface area (TPSA) is 60.2 Å². The van der Waals surface area contributed by atoms with E-state index in [0.717, 1.165) is 34.0 Å². The van der Waals surface area contributed by atoms with E-state index in [0.29, 0.717) is 0 Å². The van der Waals surface area contributed by atoms with E-state index in [1.807, 2.05) is 6.92 Å². The zero-order valence-electron chi connectivity index (χ0n) is 12.4. The van der Waals surface area contributed by atoms with Crippen molar-refractivity contribution in [3.63, 3.8) is 0 Å². The van der Waals surface area contributed by atoms with Gasteiger partial charge in [0.15, 0.2) is 0 Å². The lowest BCUT2D eigenvalue weighted by Gasteiger charge is -2.20. The van der Waals surface area contributed by atoms with Crippen LogP contribution in [0.2, 0.25) is 0 Å². The van der Waals surface area contributed by atoms with Crippen molar-refractivity contribution in [2.75, 3.05) is 7.11 Å². The van der Waals surface area contributed by atoms with Gasteiger partial charge in [0.2, 0.25) is 0 Å². The fourth-order valence-corrected chi connectivity index (χ4v) is 2.95. The van der Waals surface area contributed by atoms with Gasteiger partial charge in [-0.3, -0.25) is 11.3 Å². The van der Waals surface area contributed by atoms with Crippen LogP contribution in [-0.2, 0) is 6.42 Å². The van der Waals surface area contributed by atoms with E-state index in [1.165, 1.54) is 5.56 Å². The third kappa shape index (κ3) is 3.00. The van der Waals surface area contributed by atoms with Crippen molar-refractivity contribution in [2.24, 2.45) is 5.84 Å². The standard InChI is InChI=1S/C15H21N3OS/c1-9-5-6-13(15(19-4)10(9)2)14(18-16)7-12-8-20-11(3)17-12/h5-6,8,14,18H,7,16H2,1-4H3. The molecule has 0 aliphatic heterocycles. The number of rotatable bonds is 5. The maximum atomic E-state index is 5.74. The molecule has 0 aliphatic rings. The molecule has 5 heteroatoms. The first-order chi connectivity index (χ1) is 9.56. The summed E-state index contributed by atoms with van der Waals surface area (Å²) < 4.78 is 5.57. The van der Waals surface area contributed by atoms with Crippen molar-refractivity contribution >= 4 is 11.3 Å². The molecule has 4 nitrogen and oxygen atoms in total. The van der Waals surface area contributed by atoms with Crippen molar-refractivity contribution in [3.8, 4) is 5.75 Å². The number of benzene rings is 1. The summed E-state index contributed by atoms with van der Waals surface area (Å²) in [6, 6.07) is 4.17. The molecule has 3 N–H and O–H groups in total. The first-order valence-corrected chi connectivity index (χ1v) is 7.46. The Morgan fingerprint density at radius 3 is 2.65 bits per heavy atom. The molecule has 0 radical (unpaired) electrons. The maximum absolute atomic E-state index is 5.74. The van der Waals surface area contributed by atoms with Gasteiger partial charge in [-0.25, -0.2) is 4.98 Å². The Labute approximate surface area is 124 Å². The third-order valence-corrected chi connectivity index (χ3v) is 4.39. The molecule has 108 valence electrons. The number of aryl methyl sites for hydroxylation is 2. The van der Waals surface area contributed by atoms with Crippen molar-refractivity contribution in [1.82, 2.24) is 10.4 Å². The number of ether oxygens (including phenoxy) is 1. The summed E-state index contributed by atoms with van der Waals surface area (Å²) >= 11 is 1.66. The van der Waals surface area contributed by atoms with Crippen LogP contribution in [0, 0.1) is 20.8 Å². The second kappa shape index (κ2) is 6.35. The highest BCUT2D eigenvalue weighted by atomic mass is 32.1. The third-order valence-electron chi connectivity index (χ3n) is 3.57. The molecule has 1 atom stereocenters. The second-order valence-corrected chi connectivity index (χ2v) is 5.97. The van der Waals surface area contributed by atoms with Crippen LogP contribution >= 0.6 is 11.3 Å². The molecule has 0 saturated heterocycles. The predicted octanol–water partition coefficient (Wildman–Crippen LogP) is 2.82. The molecule has 20 heavy (non-hydrogen) atoms. The number of hydrogen-bond donors (Lipinski definition) is 2. The minimum atomic E-state index is -0.00856. The Hall–Kier alpha value is -1.43. The molecule has 1 unspecified atom stereocenters. The maximum Gasteiger partial charge on any atom is 0.126 e. The molecule has 0 spiro atoms. The molecule has 1 aromatic heterocycles. The van der Waals surface area contributed by atoms with Gasteiger partial charge in [-0.15, -0.1) is 11.3 Å². The summed E-state index contributed by atoms with van der Waals surface area (Å²) in [4.78, 5) is 4.50. The molecule has 0 aliphatic carbocycles. The molecule has 2 aromatic rings. The number of aromatic nitrogens is 1. The smallest absolute Gasteiger partial charge is 0.126 e. The molecule has 0 bridgehead atoms. The zero-order valence-corrected chi connectivity index (χ0v) is 13.2. The van der Waals surface area contributed by atoms with Crippen molar-refractivity contribution < 1.29 is 4.74 Å². The van der Waals surface area contributed by atoms with Gasteiger partial charge in [0.25, 0.3) is 0 Å². The van der Waals surface area contributed by atoms with E-state index >= 15 is 0 Å². The summed E-state index contributed by atoms with van der Waals surface area (Å²) in [6.07, 6.45) is 0.750. The number of nitrogens with two attached hydrogens (primary N) is 1. The van der Waals surface area contributed by atoms with Crippen LogP contribution < -0.4 is 16.0 Å². The number of hydrazine groups is 1. The van der Waals surface area contributed by atoms with Gasteiger partial charge < -0.3 is 4.74 Å². The van der Waals surface area contributed by atoms with Crippen molar-refractivity contribution in [2.45, 2.75) is 33.2 Å². The van der Waals surface area contributed by atoms with Crippen LogP contribution in [0.1, 0.15) is 33.4 Å². The largest absolute Gasteiger partial charge is 0.496 e. The lowest BCUT2D eigenvalue weighted by atomic mass is 9.97. The van der Waals surface area contributed by atoms with E-state index in [2.05, 4.69) is 41.8 Å². The summed E-state index contributed by atoms with van der Waals surface area (Å²) in [7, 11) is 1.70. The van der Waals surface area contributed by atoms with E-state index in [4.69, 9.17) is 10.6 Å². The van der Waals surface area contributed by atoms with Crippen molar-refractivity contribution in [1.29, 1.82) is 0 Å². The Morgan fingerprint density at radius 2 is 2.10 bits per heavy atom. The number of methoxy groups -OCH3 is 1. The van der Waals surface area contributed by atoms with Crippen LogP contribution in [0.15, 0.2) is 17.5 Å². The van der Waals surface area contributed by atoms with E-state index in [9.17, 15) is 0 Å². The van der Waals surface area contributed by atoms with Crippen LogP contribution in [0.3, 0.4) is 0 Å². The van der Waals surface area contributed by atoms with Crippen molar-refractivity contribution in [3.05, 3.63) is 44.9 Å². The minimum Gasteiger partial charge on any atom is -0.496 e. The molecule has 0 fully saturated rings. The predicted molar refractivity (Wildman–Crippen MR) is 83.1 cm³/mol. The van der Waals surface area contributed by atoms with Gasteiger partial charge in [0.05, 0.1) is 23.9 Å². The Kier molecular flexibility index (Phi) is 4.75. The number of thiazole rings is 1. The Balaban J connectivity index is 2.34. The summed E-state index contributed by atoms with van der Waals surface area (Å²) in [5, 5.41) is 3.15. The molecular weight excluding hydrogens is 270 g/mol. The number of hydrogen-bond acceptors (Lipinski definition) is 5. The monoisotopic (exact) mass is 291 g/mol.